The lowest BCUT2D eigenvalue weighted by molar-refractivity contribution is 0.0547. The van der Waals surface area contributed by atoms with Crippen LogP contribution in [0.2, 0.25) is 0 Å². The Morgan fingerprint density at radius 3 is 2.07 bits per heavy atom. The van der Waals surface area contributed by atoms with Crippen LogP contribution >= 0.6 is 11.3 Å². The standard InChI is InChI=1S/C18H26N2O5S3/c1-3-11-25-15(4-2)13-19-27(21,22)17-7-9-18(10-8-17)28(23,24)20-14-16-6-5-12-26-16/h5-10,12,15,19-20H,3-4,11,13-14H2,1-2H3. The van der Waals surface area contributed by atoms with Crippen molar-refractivity contribution in [2.24, 2.45) is 0 Å². The summed E-state index contributed by atoms with van der Waals surface area (Å²) in [6.45, 7) is 4.85. The largest absolute Gasteiger partial charge is 0.377 e. The molecule has 1 aromatic carbocycles. The van der Waals surface area contributed by atoms with Crippen LogP contribution in [0.15, 0.2) is 51.6 Å². The second-order valence-corrected chi connectivity index (χ2v) is 10.7. The molecule has 10 heteroatoms. The average Bonchev–Trinajstić information content (AvgIpc) is 3.20. The number of ether oxygens (including phenoxy) is 1. The van der Waals surface area contributed by atoms with E-state index < -0.39 is 20.0 Å². The van der Waals surface area contributed by atoms with E-state index in [1.54, 1.807) is 0 Å². The number of sulfonamides is 2. The minimum atomic E-state index is -3.74. The van der Waals surface area contributed by atoms with Crippen LogP contribution in [0, 0.1) is 0 Å². The third-order valence-corrected chi connectivity index (χ3v) is 7.71. The van der Waals surface area contributed by atoms with E-state index in [1.807, 2.05) is 31.4 Å². The molecule has 0 aliphatic heterocycles. The van der Waals surface area contributed by atoms with Crippen LogP contribution in [0.4, 0.5) is 0 Å². The quantitative estimate of drug-likeness (QED) is 0.522. The summed E-state index contributed by atoms with van der Waals surface area (Å²) >= 11 is 1.45. The molecule has 0 radical (unpaired) electrons. The van der Waals surface area contributed by atoms with Gasteiger partial charge in [0.25, 0.3) is 0 Å². The van der Waals surface area contributed by atoms with Crippen LogP contribution in [0.1, 0.15) is 31.6 Å². The van der Waals surface area contributed by atoms with Crippen LogP contribution in [-0.2, 0) is 31.3 Å². The summed E-state index contributed by atoms with van der Waals surface area (Å²) in [5, 5.41) is 1.87. The van der Waals surface area contributed by atoms with Gasteiger partial charge in [0.1, 0.15) is 0 Å². The first-order valence-electron chi connectivity index (χ1n) is 9.02. The van der Waals surface area contributed by atoms with E-state index in [9.17, 15) is 16.8 Å². The van der Waals surface area contributed by atoms with Gasteiger partial charge in [-0.2, -0.15) is 0 Å². The van der Waals surface area contributed by atoms with Crippen molar-refractivity contribution in [3.8, 4) is 0 Å². The summed E-state index contributed by atoms with van der Waals surface area (Å²) in [6, 6.07) is 8.83. The molecule has 0 aliphatic rings. The third-order valence-electron chi connectivity index (χ3n) is 3.97. The van der Waals surface area contributed by atoms with Crippen molar-refractivity contribution in [3.63, 3.8) is 0 Å². The Hall–Kier alpha value is -1.30. The van der Waals surface area contributed by atoms with Gasteiger partial charge in [0, 0.05) is 24.6 Å². The van der Waals surface area contributed by atoms with Gasteiger partial charge in [0.05, 0.1) is 15.9 Å². The van der Waals surface area contributed by atoms with E-state index in [4.69, 9.17) is 4.74 Å². The first kappa shape index (κ1) is 23.0. The van der Waals surface area contributed by atoms with E-state index in [-0.39, 0.29) is 29.0 Å². The summed E-state index contributed by atoms with van der Waals surface area (Å²) in [7, 11) is -7.46. The normalized spacial score (nSPS) is 13.5. The fraction of sp³-hybridized carbons (Fsp3) is 0.444. The van der Waals surface area contributed by atoms with E-state index in [1.165, 1.54) is 35.6 Å². The summed E-state index contributed by atoms with van der Waals surface area (Å²) in [5.41, 5.74) is 0. The molecule has 2 aromatic rings. The molecule has 0 amide bonds. The Balaban J connectivity index is 2.01. The molecule has 2 rings (SSSR count). The number of hydrogen-bond acceptors (Lipinski definition) is 6. The Morgan fingerprint density at radius 1 is 0.964 bits per heavy atom. The molecule has 28 heavy (non-hydrogen) atoms. The molecular formula is C18H26N2O5S3. The lowest BCUT2D eigenvalue weighted by Crippen LogP contribution is -2.33. The van der Waals surface area contributed by atoms with Crippen LogP contribution in [0.3, 0.4) is 0 Å². The molecule has 0 aliphatic carbocycles. The van der Waals surface area contributed by atoms with Gasteiger partial charge in [0.2, 0.25) is 20.0 Å². The molecule has 1 atom stereocenters. The molecular weight excluding hydrogens is 420 g/mol. The zero-order chi connectivity index (χ0) is 20.6. The number of nitrogens with one attached hydrogen (secondary N) is 2. The van der Waals surface area contributed by atoms with E-state index in [0.29, 0.717) is 13.0 Å². The average molecular weight is 447 g/mol. The molecule has 156 valence electrons. The Morgan fingerprint density at radius 2 is 1.57 bits per heavy atom. The van der Waals surface area contributed by atoms with Crippen LogP contribution in [0.25, 0.3) is 0 Å². The maximum absolute atomic E-state index is 12.4. The highest BCUT2D eigenvalue weighted by Crippen LogP contribution is 2.16. The van der Waals surface area contributed by atoms with Crippen LogP contribution in [-0.4, -0.2) is 36.1 Å². The van der Waals surface area contributed by atoms with E-state index in [2.05, 4.69) is 9.44 Å². The molecule has 0 bridgehead atoms. The van der Waals surface area contributed by atoms with Crippen molar-refractivity contribution >= 4 is 31.4 Å². The monoisotopic (exact) mass is 446 g/mol. The van der Waals surface area contributed by atoms with Crippen molar-refractivity contribution in [1.29, 1.82) is 0 Å². The first-order valence-corrected chi connectivity index (χ1v) is 12.9. The second-order valence-electron chi connectivity index (χ2n) is 6.13. The summed E-state index contributed by atoms with van der Waals surface area (Å²) in [6.07, 6.45) is 1.35. The van der Waals surface area contributed by atoms with E-state index in [0.717, 1.165) is 11.3 Å². The van der Waals surface area contributed by atoms with Crippen molar-refractivity contribution in [2.45, 2.75) is 49.1 Å². The van der Waals surface area contributed by atoms with Crippen molar-refractivity contribution in [1.82, 2.24) is 9.44 Å². The van der Waals surface area contributed by atoms with Crippen molar-refractivity contribution in [2.75, 3.05) is 13.2 Å². The van der Waals surface area contributed by atoms with Gasteiger partial charge >= 0.3 is 0 Å². The third kappa shape index (κ3) is 6.64. The molecule has 0 fully saturated rings. The zero-order valence-electron chi connectivity index (χ0n) is 15.9. The fourth-order valence-electron chi connectivity index (χ4n) is 2.35. The lowest BCUT2D eigenvalue weighted by Gasteiger charge is -2.16. The Kier molecular flexibility index (Phi) is 8.59. The maximum atomic E-state index is 12.4. The van der Waals surface area contributed by atoms with Crippen molar-refractivity contribution < 1.29 is 21.6 Å². The molecule has 1 unspecified atom stereocenters. The lowest BCUT2D eigenvalue weighted by atomic mass is 10.3. The molecule has 1 aromatic heterocycles. The molecule has 2 N–H and O–H groups in total. The number of rotatable bonds is 12. The van der Waals surface area contributed by atoms with Crippen molar-refractivity contribution in [3.05, 3.63) is 46.7 Å². The Bertz CT molecular complexity index is 924. The molecule has 0 saturated carbocycles. The van der Waals surface area contributed by atoms with Gasteiger partial charge in [-0.25, -0.2) is 26.3 Å². The summed E-state index contributed by atoms with van der Waals surface area (Å²) in [4.78, 5) is 0.915. The van der Waals surface area contributed by atoms with Gasteiger partial charge in [-0.1, -0.05) is 19.9 Å². The van der Waals surface area contributed by atoms with Crippen LogP contribution < -0.4 is 9.44 Å². The summed E-state index contributed by atoms with van der Waals surface area (Å²) < 4.78 is 60.2. The zero-order valence-corrected chi connectivity index (χ0v) is 18.4. The second kappa shape index (κ2) is 10.5. The highest BCUT2D eigenvalue weighted by atomic mass is 32.2. The summed E-state index contributed by atoms with van der Waals surface area (Å²) in [5.74, 6) is 0. The van der Waals surface area contributed by atoms with Gasteiger partial charge in [-0.15, -0.1) is 11.3 Å². The smallest absolute Gasteiger partial charge is 0.240 e. The molecule has 1 heterocycles. The minimum Gasteiger partial charge on any atom is -0.377 e. The predicted molar refractivity (Wildman–Crippen MR) is 110 cm³/mol. The molecule has 0 spiro atoms. The minimum absolute atomic E-state index is 0.00931. The topological polar surface area (TPSA) is 102 Å². The number of thiophene rings is 1. The first-order chi connectivity index (χ1) is 13.3. The predicted octanol–water partition coefficient (Wildman–Crippen LogP) is 2.71. The number of benzene rings is 1. The van der Waals surface area contributed by atoms with Gasteiger partial charge in [-0.05, 0) is 48.6 Å². The van der Waals surface area contributed by atoms with Gasteiger partial charge < -0.3 is 4.74 Å². The van der Waals surface area contributed by atoms with E-state index >= 15 is 0 Å². The Labute approximate surface area is 171 Å². The highest BCUT2D eigenvalue weighted by Gasteiger charge is 2.19. The molecule has 0 saturated heterocycles. The maximum Gasteiger partial charge on any atom is 0.240 e. The fourth-order valence-corrected chi connectivity index (χ4v) is 5.16. The van der Waals surface area contributed by atoms with Crippen LogP contribution in [0.5, 0.6) is 0 Å². The van der Waals surface area contributed by atoms with Gasteiger partial charge in [0.15, 0.2) is 0 Å². The number of hydrogen-bond donors (Lipinski definition) is 2. The highest BCUT2D eigenvalue weighted by molar-refractivity contribution is 7.90. The van der Waals surface area contributed by atoms with Gasteiger partial charge in [-0.3, -0.25) is 0 Å². The molecule has 7 nitrogen and oxygen atoms in total. The SMILES string of the molecule is CCCOC(CC)CNS(=O)(=O)c1ccc(S(=O)(=O)NCc2cccs2)cc1.